The van der Waals surface area contributed by atoms with Gasteiger partial charge in [0.2, 0.25) is 0 Å². The minimum absolute atomic E-state index is 0.0715. The van der Waals surface area contributed by atoms with Crippen LogP contribution in [0.5, 0.6) is 0 Å². The van der Waals surface area contributed by atoms with E-state index in [0.717, 1.165) is 19.4 Å². The van der Waals surface area contributed by atoms with Crippen LogP contribution in [0.15, 0.2) is 0 Å². The molecule has 0 bridgehead atoms. The number of likely N-dealkylation sites (N-methyl/N-ethyl adjacent to an activating group) is 2. The zero-order chi connectivity index (χ0) is 14.3. The molecule has 0 spiro atoms. The predicted molar refractivity (Wildman–Crippen MR) is 80.3 cm³/mol. The summed E-state index contributed by atoms with van der Waals surface area (Å²) in [4.78, 5) is 4.83. The van der Waals surface area contributed by atoms with Crippen molar-refractivity contribution in [1.82, 2.24) is 9.80 Å². The molecule has 0 aromatic rings. The molecule has 0 aliphatic heterocycles. The number of nitrogens with zero attached hydrogens (tertiary/aromatic N) is 2. The highest BCUT2D eigenvalue weighted by Crippen LogP contribution is 2.40. The summed E-state index contributed by atoms with van der Waals surface area (Å²) in [6, 6.07) is 0.334. The largest absolute Gasteiger partial charge is 0.391 e. The van der Waals surface area contributed by atoms with Gasteiger partial charge in [-0.05, 0) is 58.7 Å². The molecule has 2 aliphatic carbocycles. The van der Waals surface area contributed by atoms with Crippen LogP contribution < -0.4 is 0 Å². The molecule has 0 amide bonds. The highest BCUT2D eigenvalue weighted by atomic mass is 16.3. The van der Waals surface area contributed by atoms with Gasteiger partial charge >= 0.3 is 0 Å². The fourth-order valence-corrected chi connectivity index (χ4v) is 3.97. The number of aliphatic hydroxyl groups is 1. The maximum Gasteiger partial charge on any atom is 0.0746 e. The highest BCUT2D eigenvalue weighted by Gasteiger charge is 2.44. The first kappa shape index (κ1) is 15.3. The first-order chi connectivity index (χ1) is 8.78. The lowest BCUT2D eigenvalue weighted by Crippen LogP contribution is -2.60. The molecule has 0 aromatic heterocycles. The SMILES string of the molecule is CN(CC1(N(C)C)CCC1)C1CCCC(C)(C)C1O. The number of aliphatic hydroxyl groups excluding tert-OH is 1. The van der Waals surface area contributed by atoms with Crippen molar-refractivity contribution in [2.24, 2.45) is 5.41 Å². The molecule has 19 heavy (non-hydrogen) atoms. The maximum absolute atomic E-state index is 10.6. The van der Waals surface area contributed by atoms with Gasteiger partial charge in [0.05, 0.1) is 6.10 Å². The first-order valence-corrected chi connectivity index (χ1v) is 7.84. The van der Waals surface area contributed by atoms with Gasteiger partial charge in [-0.15, -0.1) is 0 Å². The molecule has 2 atom stereocenters. The van der Waals surface area contributed by atoms with Gasteiger partial charge < -0.3 is 10.0 Å². The fraction of sp³-hybridized carbons (Fsp3) is 1.00. The van der Waals surface area contributed by atoms with E-state index in [1.54, 1.807) is 0 Å². The van der Waals surface area contributed by atoms with E-state index in [4.69, 9.17) is 0 Å². The standard InChI is InChI=1S/C16H32N2O/c1-15(2)9-6-8-13(14(15)19)18(5)12-16(17(3)4)10-7-11-16/h13-14,19H,6-12H2,1-5H3. The number of rotatable bonds is 4. The molecule has 2 rings (SSSR count). The molecule has 0 saturated heterocycles. The molecule has 112 valence electrons. The molecule has 3 heteroatoms. The van der Waals surface area contributed by atoms with Crippen LogP contribution in [0, 0.1) is 5.41 Å². The Kier molecular flexibility index (Phi) is 4.29. The van der Waals surface area contributed by atoms with Gasteiger partial charge in [0.1, 0.15) is 0 Å². The summed E-state index contributed by atoms with van der Waals surface area (Å²) in [5.41, 5.74) is 0.429. The van der Waals surface area contributed by atoms with Crippen molar-refractivity contribution in [3.8, 4) is 0 Å². The topological polar surface area (TPSA) is 26.7 Å². The van der Waals surface area contributed by atoms with E-state index in [9.17, 15) is 5.11 Å². The van der Waals surface area contributed by atoms with Gasteiger partial charge in [-0.25, -0.2) is 0 Å². The second-order valence-corrected chi connectivity index (χ2v) is 7.78. The summed E-state index contributed by atoms with van der Waals surface area (Å²) in [5.74, 6) is 0. The molecule has 0 aromatic carbocycles. The van der Waals surface area contributed by atoms with Crippen LogP contribution in [0.25, 0.3) is 0 Å². The molecule has 0 radical (unpaired) electrons. The summed E-state index contributed by atoms with van der Waals surface area (Å²) < 4.78 is 0. The third kappa shape index (κ3) is 2.84. The molecule has 2 aliphatic rings. The number of hydrogen-bond donors (Lipinski definition) is 1. The van der Waals surface area contributed by atoms with Crippen molar-refractivity contribution in [2.75, 3.05) is 27.7 Å². The summed E-state index contributed by atoms with van der Waals surface area (Å²) in [5, 5.41) is 10.6. The first-order valence-electron chi connectivity index (χ1n) is 7.84. The predicted octanol–water partition coefficient (Wildman–Crippen LogP) is 2.34. The average Bonchev–Trinajstić information content (AvgIpc) is 2.26. The summed E-state index contributed by atoms with van der Waals surface area (Å²) in [6.07, 6.45) is 7.30. The van der Waals surface area contributed by atoms with E-state index in [1.807, 2.05) is 0 Å². The van der Waals surface area contributed by atoms with E-state index in [2.05, 4.69) is 44.8 Å². The quantitative estimate of drug-likeness (QED) is 0.848. The van der Waals surface area contributed by atoms with Crippen molar-refractivity contribution in [3.63, 3.8) is 0 Å². The minimum Gasteiger partial charge on any atom is -0.391 e. The molecule has 2 saturated carbocycles. The summed E-state index contributed by atoms with van der Waals surface area (Å²) >= 11 is 0. The molecule has 1 N–H and O–H groups in total. The van der Waals surface area contributed by atoms with Gasteiger partial charge in [0, 0.05) is 18.1 Å². The van der Waals surface area contributed by atoms with Gasteiger partial charge in [-0.2, -0.15) is 0 Å². The Morgan fingerprint density at radius 1 is 1.05 bits per heavy atom. The normalized spacial score (nSPS) is 33.5. The van der Waals surface area contributed by atoms with Crippen molar-refractivity contribution >= 4 is 0 Å². The Morgan fingerprint density at radius 3 is 2.16 bits per heavy atom. The van der Waals surface area contributed by atoms with Gasteiger partial charge in [0.15, 0.2) is 0 Å². The van der Waals surface area contributed by atoms with Gasteiger partial charge in [-0.1, -0.05) is 20.3 Å². The van der Waals surface area contributed by atoms with Crippen molar-refractivity contribution in [3.05, 3.63) is 0 Å². The third-order valence-electron chi connectivity index (χ3n) is 5.83. The minimum atomic E-state index is -0.189. The Hall–Kier alpha value is -0.120. The van der Waals surface area contributed by atoms with E-state index >= 15 is 0 Å². The van der Waals surface area contributed by atoms with Crippen molar-refractivity contribution < 1.29 is 5.11 Å². The fourth-order valence-electron chi connectivity index (χ4n) is 3.97. The summed E-state index contributed by atoms with van der Waals surface area (Å²) in [7, 11) is 6.61. The van der Waals surface area contributed by atoms with Gasteiger partial charge in [-0.3, -0.25) is 4.90 Å². The molecule has 3 nitrogen and oxygen atoms in total. The second kappa shape index (κ2) is 5.34. The lowest BCUT2D eigenvalue weighted by atomic mass is 9.71. The van der Waals surface area contributed by atoms with E-state index in [1.165, 1.54) is 25.7 Å². The molecule has 2 unspecified atom stereocenters. The van der Waals surface area contributed by atoms with E-state index in [-0.39, 0.29) is 11.5 Å². The molecule has 2 fully saturated rings. The van der Waals surface area contributed by atoms with E-state index < -0.39 is 0 Å². The molecular formula is C16H32N2O. The Labute approximate surface area is 119 Å². The monoisotopic (exact) mass is 268 g/mol. The molecule has 0 heterocycles. The third-order valence-corrected chi connectivity index (χ3v) is 5.83. The zero-order valence-corrected chi connectivity index (χ0v) is 13.4. The Balaban J connectivity index is 2.01. The summed E-state index contributed by atoms with van der Waals surface area (Å²) in [6.45, 7) is 5.52. The second-order valence-electron chi connectivity index (χ2n) is 7.78. The lowest BCUT2D eigenvalue weighted by molar-refractivity contribution is -0.0707. The Morgan fingerprint density at radius 2 is 1.68 bits per heavy atom. The maximum atomic E-state index is 10.6. The van der Waals surface area contributed by atoms with Crippen LogP contribution >= 0.6 is 0 Å². The lowest BCUT2D eigenvalue weighted by Gasteiger charge is -2.52. The van der Waals surface area contributed by atoms with E-state index in [0.29, 0.717) is 11.6 Å². The van der Waals surface area contributed by atoms with Crippen LogP contribution in [0.3, 0.4) is 0 Å². The van der Waals surface area contributed by atoms with Crippen LogP contribution in [0.1, 0.15) is 52.4 Å². The van der Waals surface area contributed by atoms with Crippen LogP contribution in [-0.4, -0.2) is 60.3 Å². The van der Waals surface area contributed by atoms with Crippen molar-refractivity contribution in [2.45, 2.75) is 70.1 Å². The van der Waals surface area contributed by atoms with Crippen LogP contribution in [0.4, 0.5) is 0 Å². The highest BCUT2D eigenvalue weighted by molar-refractivity contribution is 5.01. The Bertz CT molecular complexity index is 310. The van der Waals surface area contributed by atoms with Crippen LogP contribution in [-0.2, 0) is 0 Å². The van der Waals surface area contributed by atoms with Crippen molar-refractivity contribution in [1.29, 1.82) is 0 Å². The zero-order valence-electron chi connectivity index (χ0n) is 13.4. The average molecular weight is 268 g/mol. The van der Waals surface area contributed by atoms with Gasteiger partial charge in [0.25, 0.3) is 0 Å². The molecular weight excluding hydrogens is 236 g/mol. The number of hydrogen-bond acceptors (Lipinski definition) is 3. The smallest absolute Gasteiger partial charge is 0.0746 e. The van der Waals surface area contributed by atoms with Crippen LogP contribution in [0.2, 0.25) is 0 Å².